The molecule has 1 heterocycles. The Hall–Kier alpha value is -2.23. The number of nitrogens with zero attached hydrogens (tertiary/aromatic N) is 1. The van der Waals surface area contributed by atoms with Crippen LogP contribution in [0.3, 0.4) is 0 Å². The number of carbonyl (C=O) groups is 2. The Morgan fingerprint density at radius 3 is 2.56 bits per heavy atom. The minimum atomic E-state index is -1.08. The van der Waals surface area contributed by atoms with Crippen molar-refractivity contribution in [2.75, 3.05) is 26.7 Å². The van der Waals surface area contributed by atoms with Crippen molar-refractivity contribution in [3.63, 3.8) is 0 Å². The Labute approximate surface area is 165 Å². The van der Waals surface area contributed by atoms with Gasteiger partial charge in [-0.05, 0) is 56.1 Å². The second-order valence-electron chi connectivity index (χ2n) is 6.67. The summed E-state index contributed by atoms with van der Waals surface area (Å²) in [5.41, 5.74) is 0.954. The molecule has 1 aliphatic heterocycles. The number of carboxylic acid groups (broad SMARTS) is 1. The lowest BCUT2D eigenvalue weighted by Gasteiger charge is -2.35. The third-order valence-corrected chi connectivity index (χ3v) is 5.08. The average molecular weight is 392 g/mol. The Morgan fingerprint density at radius 1 is 1.30 bits per heavy atom. The van der Waals surface area contributed by atoms with Crippen LogP contribution in [-0.2, 0) is 4.79 Å². The smallest absolute Gasteiger partial charge is 0.404 e. The Kier molecular flexibility index (Phi) is 8.43. The third kappa shape index (κ3) is 7.49. The summed E-state index contributed by atoms with van der Waals surface area (Å²) >= 11 is 5.86. The van der Waals surface area contributed by atoms with Crippen LogP contribution in [0, 0.1) is 17.8 Å². The summed E-state index contributed by atoms with van der Waals surface area (Å²) in [5, 5.41) is 14.8. The molecule has 2 rings (SSSR count). The van der Waals surface area contributed by atoms with Crippen molar-refractivity contribution in [3.8, 4) is 11.8 Å². The molecular weight excluding hydrogens is 366 g/mol. The molecule has 0 spiro atoms. The Bertz CT molecular complexity index is 689. The van der Waals surface area contributed by atoms with Gasteiger partial charge < -0.3 is 20.6 Å². The molecule has 146 valence electrons. The van der Waals surface area contributed by atoms with Gasteiger partial charge in [-0.25, -0.2) is 4.79 Å². The molecule has 0 radical (unpaired) electrons. The number of amides is 2. The zero-order valence-corrected chi connectivity index (χ0v) is 16.3. The minimum Gasteiger partial charge on any atom is -0.465 e. The van der Waals surface area contributed by atoms with Gasteiger partial charge in [-0.15, -0.1) is 0 Å². The zero-order chi connectivity index (χ0) is 19.6. The number of rotatable bonds is 6. The van der Waals surface area contributed by atoms with Gasteiger partial charge in [0.15, 0.2) is 0 Å². The number of benzene rings is 1. The first-order valence-corrected chi connectivity index (χ1v) is 9.52. The topological polar surface area (TPSA) is 81.7 Å². The molecule has 2 amide bonds. The highest BCUT2D eigenvalue weighted by Crippen LogP contribution is 2.22. The molecule has 0 bridgehead atoms. The number of carbonyl (C=O) groups excluding carboxylic acids is 1. The van der Waals surface area contributed by atoms with Crippen LogP contribution in [0.15, 0.2) is 24.3 Å². The maximum Gasteiger partial charge on any atom is 0.404 e. The van der Waals surface area contributed by atoms with Crippen LogP contribution >= 0.6 is 11.6 Å². The largest absolute Gasteiger partial charge is 0.465 e. The van der Waals surface area contributed by atoms with Gasteiger partial charge >= 0.3 is 6.09 Å². The normalized spacial score (nSPS) is 16.1. The molecule has 6 nitrogen and oxygen atoms in total. The van der Waals surface area contributed by atoms with E-state index in [9.17, 15) is 9.59 Å². The molecular formula is C20H26ClN3O3. The van der Waals surface area contributed by atoms with Gasteiger partial charge in [0.1, 0.15) is 0 Å². The highest BCUT2D eigenvalue weighted by Gasteiger charge is 2.28. The van der Waals surface area contributed by atoms with Crippen molar-refractivity contribution in [1.29, 1.82) is 0 Å². The Balaban J connectivity index is 1.77. The second kappa shape index (κ2) is 10.8. The summed E-state index contributed by atoms with van der Waals surface area (Å²) in [4.78, 5) is 25.0. The fourth-order valence-electron chi connectivity index (χ4n) is 3.29. The van der Waals surface area contributed by atoms with E-state index in [0.29, 0.717) is 5.02 Å². The van der Waals surface area contributed by atoms with Crippen LogP contribution in [0.25, 0.3) is 0 Å². The molecule has 1 atom stereocenters. The van der Waals surface area contributed by atoms with Crippen LogP contribution in [0.1, 0.15) is 31.2 Å². The number of halogens is 1. The van der Waals surface area contributed by atoms with Crippen molar-refractivity contribution >= 4 is 23.6 Å². The highest BCUT2D eigenvalue weighted by atomic mass is 35.5. The van der Waals surface area contributed by atoms with Gasteiger partial charge in [-0.1, -0.05) is 23.4 Å². The molecule has 27 heavy (non-hydrogen) atoms. The standard InChI is InChI=1S/C20H26ClN3O3/c1-22-19(25)14-18(23-20(26)27)16-9-12-24(13-10-16)11-3-2-4-15-5-7-17(21)8-6-15/h5-8,16,18,23H,3,9-14H2,1H3,(H,22,25)(H,26,27). The van der Waals surface area contributed by atoms with Gasteiger partial charge in [-0.3, -0.25) is 4.79 Å². The minimum absolute atomic E-state index is 0.145. The fourth-order valence-corrected chi connectivity index (χ4v) is 3.41. The van der Waals surface area contributed by atoms with E-state index >= 15 is 0 Å². The summed E-state index contributed by atoms with van der Waals surface area (Å²) in [7, 11) is 1.56. The molecule has 7 heteroatoms. The number of nitrogens with one attached hydrogen (secondary N) is 2. The monoisotopic (exact) mass is 391 g/mol. The van der Waals surface area contributed by atoms with Crippen LogP contribution in [0.5, 0.6) is 0 Å². The van der Waals surface area contributed by atoms with Crippen molar-refractivity contribution < 1.29 is 14.7 Å². The van der Waals surface area contributed by atoms with E-state index in [4.69, 9.17) is 16.7 Å². The molecule has 1 fully saturated rings. The Morgan fingerprint density at radius 2 is 1.96 bits per heavy atom. The molecule has 3 N–H and O–H groups in total. The van der Waals surface area contributed by atoms with Gasteiger partial charge in [0.2, 0.25) is 5.91 Å². The number of piperidine rings is 1. The van der Waals surface area contributed by atoms with Crippen molar-refractivity contribution in [2.24, 2.45) is 5.92 Å². The number of likely N-dealkylation sites (tertiary alicyclic amines) is 1. The fraction of sp³-hybridized carbons (Fsp3) is 0.500. The van der Waals surface area contributed by atoms with Gasteiger partial charge in [0.25, 0.3) is 0 Å². The van der Waals surface area contributed by atoms with E-state index in [0.717, 1.165) is 44.5 Å². The van der Waals surface area contributed by atoms with Crippen molar-refractivity contribution in [1.82, 2.24) is 15.5 Å². The summed E-state index contributed by atoms with van der Waals surface area (Å²) in [5.74, 6) is 6.35. The summed E-state index contributed by atoms with van der Waals surface area (Å²) < 4.78 is 0. The maximum absolute atomic E-state index is 11.6. The molecule has 0 aromatic heterocycles. The van der Waals surface area contributed by atoms with E-state index in [1.165, 1.54) is 0 Å². The summed E-state index contributed by atoms with van der Waals surface area (Å²) in [6.07, 6.45) is 1.62. The molecule has 1 aliphatic rings. The van der Waals surface area contributed by atoms with E-state index in [-0.39, 0.29) is 24.3 Å². The predicted octanol–water partition coefficient (Wildman–Crippen LogP) is 2.57. The molecule has 1 unspecified atom stereocenters. The van der Waals surface area contributed by atoms with E-state index in [1.807, 2.05) is 24.3 Å². The zero-order valence-electron chi connectivity index (χ0n) is 15.5. The number of hydrogen-bond donors (Lipinski definition) is 3. The first-order valence-electron chi connectivity index (χ1n) is 9.14. The van der Waals surface area contributed by atoms with E-state index < -0.39 is 6.09 Å². The number of hydrogen-bond acceptors (Lipinski definition) is 3. The predicted molar refractivity (Wildman–Crippen MR) is 106 cm³/mol. The lowest BCUT2D eigenvalue weighted by atomic mass is 9.87. The highest BCUT2D eigenvalue weighted by molar-refractivity contribution is 6.30. The maximum atomic E-state index is 11.6. The quantitative estimate of drug-likeness (QED) is 0.651. The van der Waals surface area contributed by atoms with Crippen molar-refractivity contribution in [2.45, 2.75) is 31.7 Å². The average Bonchev–Trinajstić information content (AvgIpc) is 2.66. The van der Waals surface area contributed by atoms with Crippen LogP contribution in [0.4, 0.5) is 4.79 Å². The molecule has 1 aromatic carbocycles. The SMILES string of the molecule is CNC(=O)CC(NC(=O)O)C1CCN(CCC#Cc2ccc(Cl)cc2)CC1. The first-order chi connectivity index (χ1) is 13.0. The first kappa shape index (κ1) is 21.1. The van der Waals surface area contributed by atoms with E-state index in [2.05, 4.69) is 27.4 Å². The lowest BCUT2D eigenvalue weighted by Crippen LogP contribution is -2.47. The lowest BCUT2D eigenvalue weighted by molar-refractivity contribution is -0.121. The van der Waals surface area contributed by atoms with Gasteiger partial charge in [-0.2, -0.15) is 0 Å². The van der Waals surface area contributed by atoms with Gasteiger partial charge in [0.05, 0.1) is 0 Å². The second-order valence-corrected chi connectivity index (χ2v) is 7.11. The third-order valence-electron chi connectivity index (χ3n) is 4.82. The van der Waals surface area contributed by atoms with Gasteiger partial charge in [0, 0.05) is 43.1 Å². The molecule has 1 saturated heterocycles. The summed E-state index contributed by atoms with van der Waals surface area (Å²) in [6, 6.07) is 7.13. The van der Waals surface area contributed by atoms with Crippen LogP contribution in [0.2, 0.25) is 5.02 Å². The summed E-state index contributed by atoms with van der Waals surface area (Å²) in [6.45, 7) is 2.66. The van der Waals surface area contributed by atoms with E-state index in [1.54, 1.807) is 7.05 Å². The van der Waals surface area contributed by atoms with Crippen molar-refractivity contribution in [3.05, 3.63) is 34.9 Å². The molecule has 1 aromatic rings. The van der Waals surface area contributed by atoms with Crippen LogP contribution < -0.4 is 10.6 Å². The molecule has 0 saturated carbocycles. The van der Waals surface area contributed by atoms with Crippen LogP contribution in [-0.4, -0.2) is 54.7 Å². The molecule has 0 aliphatic carbocycles.